The van der Waals surface area contributed by atoms with Gasteiger partial charge in [-0.05, 0) is 54.7 Å². The Hall–Kier alpha value is -2.59. The number of anilines is 3. The normalized spacial score (nSPS) is 13.4. The van der Waals surface area contributed by atoms with Crippen molar-refractivity contribution in [3.63, 3.8) is 0 Å². The quantitative estimate of drug-likeness (QED) is 0.705. The van der Waals surface area contributed by atoms with Gasteiger partial charge in [-0.2, -0.15) is 4.98 Å². The summed E-state index contributed by atoms with van der Waals surface area (Å²) in [6.45, 7) is 5.85. The third kappa shape index (κ3) is 3.37. The summed E-state index contributed by atoms with van der Waals surface area (Å²) >= 11 is 6.41. The fourth-order valence-electron chi connectivity index (χ4n) is 3.44. The first-order valence-electron chi connectivity index (χ1n) is 8.79. The summed E-state index contributed by atoms with van der Waals surface area (Å²) in [5, 5.41) is 4.06. The SMILES string of the molecule is Cc1cc(C)c(Nc2ccnc(N3CCc4ccccc4C3)n2)c(Cl)c1. The van der Waals surface area contributed by atoms with Crippen LogP contribution in [0.5, 0.6) is 0 Å². The first-order valence-corrected chi connectivity index (χ1v) is 9.16. The molecule has 2 aromatic carbocycles. The molecule has 4 rings (SSSR count). The number of aromatic nitrogens is 2. The fourth-order valence-corrected chi connectivity index (χ4v) is 3.81. The number of nitrogens with one attached hydrogen (secondary N) is 1. The van der Waals surface area contributed by atoms with E-state index < -0.39 is 0 Å². The van der Waals surface area contributed by atoms with Crippen molar-refractivity contribution in [3.8, 4) is 0 Å². The van der Waals surface area contributed by atoms with E-state index in [9.17, 15) is 0 Å². The van der Waals surface area contributed by atoms with Crippen molar-refractivity contribution in [2.45, 2.75) is 26.8 Å². The second kappa shape index (κ2) is 6.96. The van der Waals surface area contributed by atoms with Crippen molar-refractivity contribution in [2.75, 3.05) is 16.8 Å². The molecule has 0 amide bonds. The molecule has 2 heterocycles. The molecule has 0 unspecified atom stereocenters. The minimum absolute atomic E-state index is 0.703. The molecule has 1 aliphatic heterocycles. The van der Waals surface area contributed by atoms with Crippen LogP contribution in [0.25, 0.3) is 0 Å². The molecule has 1 aliphatic rings. The van der Waals surface area contributed by atoms with Crippen LogP contribution >= 0.6 is 11.6 Å². The molecule has 4 nitrogen and oxygen atoms in total. The zero-order valence-electron chi connectivity index (χ0n) is 15.0. The van der Waals surface area contributed by atoms with Crippen LogP contribution in [0.3, 0.4) is 0 Å². The summed E-state index contributed by atoms with van der Waals surface area (Å²) in [6.07, 6.45) is 2.81. The maximum absolute atomic E-state index is 6.41. The monoisotopic (exact) mass is 364 g/mol. The van der Waals surface area contributed by atoms with E-state index in [1.165, 1.54) is 11.1 Å². The van der Waals surface area contributed by atoms with Gasteiger partial charge in [0.15, 0.2) is 0 Å². The summed E-state index contributed by atoms with van der Waals surface area (Å²) in [6, 6.07) is 14.5. The van der Waals surface area contributed by atoms with Gasteiger partial charge in [-0.3, -0.25) is 0 Å². The molecule has 132 valence electrons. The second-order valence-electron chi connectivity index (χ2n) is 6.75. The van der Waals surface area contributed by atoms with Crippen molar-refractivity contribution in [1.29, 1.82) is 0 Å². The molecule has 0 fully saturated rings. The molecule has 1 aromatic heterocycles. The van der Waals surface area contributed by atoms with E-state index in [1.54, 1.807) is 6.20 Å². The Labute approximate surface area is 158 Å². The van der Waals surface area contributed by atoms with Gasteiger partial charge in [0, 0.05) is 19.3 Å². The number of hydrogen-bond donors (Lipinski definition) is 1. The molecule has 0 bridgehead atoms. The van der Waals surface area contributed by atoms with E-state index in [2.05, 4.69) is 45.5 Å². The molecule has 3 aromatic rings. The summed E-state index contributed by atoms with van der Waals surface area (Å²) in [5.74, 6) is 1.49. The van der Waals surface area contributed by atoms with E-state index in [-0.39, 0.29) is 0 Å². The highest BCUT2D eigenvalue weighted by atomic mass is 35.5. The van der Waals surface area contributed by atoms with E-state index >= 15 is 0 Å². The Morgan fingerprint density at radius 1 is 1.08 bits per heavy atom. The Kier molecular flexibility index (Phi) is 4.51. The van der Waals surface area contributed by atoms with Gasteiger partial charge in [0.1, 0.15) is 5.82 Å². The summed E-state index contributed by atoms with van der Waals surface area (Å²) in [4.78, 5) is 11.4. The Morgan fingerprint density at radius 2 is 1.88 bits per heavy atom. The largest absolute Gasteiger partial charge is 0.339 e. The topological polar surface area (TPSA) is 41.1 Å². The first-order chi connectivity index (χ1) is 12.6. The van der Waals surface area contributed by atoms with Crippen LogP contribution < -0.4 is 10.2 Å². The standard InChI is InChI=1S/C21H21ClN4/c1-14-11-15(2)20(18(22)12-14)24-19-7-9-23-21(25-19)26-10-8-16-5-3-4-6-17(16)13-26/h3-7,9,11-12H,8,10,13H2,1-2H3,(H,23,24,25). The van der Waals surface area contributed by atoms with Gasteiger partial charge in [-0.1, -0.05) is 41.9 Å². The maximum Gasteiger partial charge on any atom is 0.227 e. The van der Waals surface area contributed by atoms with Crippen molar-refractivity contribution >= 4 is 29.1 Å². The third-order valence-corrected chi connectivity index (χ3v) is 5.04. The molecule has 0 radical (unpaired) electrons. The van der Waals surface area contributed by atoms with Crippen LogP contribution in [-0.4, -0.2) is 16.5 Å². The molecule has 0 spiro atoms. The van der Waals surface area contributed by atoms with Gasteiger partial charge in [0.05, 0.1) is 10.7 Å². The highest BCUT2D eigenvalue weighted by Gasteiger charge is 2.18. The molecular formula is C21H21ClN4. The molecule has 0 saturated carbocycles. The zero-order valence-corrected chi connectivity index (χ0v) is 15.7. The lowest BCUT2D eigenvalue weighted by molar-refractivity contribution is 0.708. The highest BCUT2D eigenvalue weighted by molar-refractivity contribution is 6.33. The molecule has 5 heteroatoms. The van der Waals surface area contributed by atoms with Gasteiger partial charge in [0.2, 0.25) is 5.95 Å². The predicted octanol–water partition coefficient (Wildman–Crippen LogP) is 5.05. The van der Waals surface area contributed by atoms with Gasteiger partial charge < -0.3 is 10.2 Å². The number of halogens is 1. The van der Waals surface area contributed by atoms with Crippen molar-refractivity contribution in [3.05, 3.63) is 75.9 Å². The Bertz CT molecular complexity index is 931. The molecule has 0 atom stereocenters. The van der Waals surface area contributed by atoms with Crippen molar-refractivity contribution in [1.82, 2.24) is 9.97 Å². The molecular weight excluding hydrogens is 344 g/mol. The lowest BCUT2D eigenvalue weighted by Crippen LogP contribution is -2.31. The Morgan fingerprint density at radius 3 is 2.69 bits per heavy atom. The van der Waals surface area contributed by atoms with Crippen LogP contribution in [0.15, 0.2) is 48.7 Å². The molecule has 0 saturated heterocycles. The average molecular weight is 365 g/mol. The number of rotatable bonds is 3. The van der Waals surface area contributed by atoms with Crippen molar-refractivity contribution in [2.24, 2.45) is 0 Å². The lowest BCUT2D eigenvalue weighted by Gasteiger charge is -2.29. The summed E-state index contributed by atoms with van der Waals surface area (Å²) in [7, 11) is 0. The summed E-state index contributed by atoms with van der Waals surface area (Å²) in [5.41, 5.74) is 5.90. The average Bonchev–Trinajstić information content (AvgIpc) is 2.64. The number of aryl methyl sites for hydroxylation is 2. The fraction of sp³-hybridized carbons (Fsp3) is 0.238. The molecule has 1 N–H and O–H groups in total. The Balaban J connectivity index is 1.58. The smallest absolute Gasteiger partial charge is 0.227 e. The first kappa shape index (κ1) is 16.9. The van der Waals surface area contributed by atoms with Gasteiger partial charge in [0.25, 0.3) is 0 Å². The number of hydrogen-bond acceptors (Lipinski definition) is 4. The van der Waals surface area contributed by atoms with Crippen LogP contribution in [0.2, 0.25) is 5.02 Å². The minimum atomic E-state index is 0.703. The summed E-state index contributed by atoms with van der Waals surface area (Å²) < 4.78 is 0. The second-order valence-corrected chi connectivity index (χ2v) is 7.15. The van der Waals surface area contributed by atoms with Crippen LogP contribution in [0, 0.1) is 13.8 Å². The van der Waals surface area contributed by atoms with Gasteiger partial charge in [-0.25, -0.2) is 4.98 Å². The van der Waals surface area contributed by atoms with Crippen molar-refractivity contribution < 1.29 is 0 Å². The lowest BCUT2D eigenvalue weighted by atomic mass is 10.0. The number of fused-ring (bicyclic) bond motifs is 1. The zero-order chi connectivity index (χ0) is 18.1. The maximum atomic E-state index is 6.41. The molecule has 26 heavy (non-hydrogen) atoms. The van der Waals surface area contributed by atoms with Crippen LogP contribution in [-0.2, 0) is 13.0 Å². The van der Waals surface area contributed by atoms with Gasteiger partial charge in [-0.15, -0.1) is 0 Å². The number of benzene rings is 2. The van der Waals surface area contributed by atoms with E-state index in [4.69, 9.17) is 16.6 Å². The van der Waals surface area contributed by atoms with E-state index in [1.807, 2.05) is 26.0 Å². The third-order valence-electron chi connectivity index (χ3n) is 4.74. The van der Waals surface area contributed by atoms with Gasteiger partial charge >= 0.3 is 0 Å². The predicted molar refractivity (Wildman–Crippen MR) is 107 cm³/mol. The number of nitrogens with zero attached hydrogens (tertiary/aromatic N) is 3. The van der Waals surface area contributed by atoms with E-state index in [0.29, 0.717) is 5.02 Å². The van der Waals surface area contributed by atoms with Crippen LogP contribution in [0.4, 0.5) is 17.5 Å². The minimum Gasteiger partial charge on any atom is -0.339 e. The van der Waals surface area contributed by atoms with E-state index in [0.717, 1.165) is 48.1 Å². The highest BCUT2D eigenvalue weighted by Crippen LogP contribution is 2.30. The molecule has 0 aliphatic carbocycles. The van der Waals surface area contributed by atoms with Crippen LogP contribution in [0.1, 0.15) is 22.3 Å².